The van der Waals surface area contributed by atoms with Gasteiger partial charge in [-0.05, 0) is 60.9 Å². The van der Waals surface area contributed by atoms with Gasteiger partial charge < -0.3 is 4.42 Å². The zero-order valence-corrected chi connectivity index (χ0v) is 17.2. The summed E-state index contributed by atoms with van der Waals surface area (Å²) in [6.45, 7) is 4.46. The summed E-state index contributed by atoms with van der Waals surface area (Å²) < 4.78 is 6.43. The second-order valence-corrected chi connectivity index (χ2v) is 8.21. The van der Waals surface area contributed by atoms with Gasteiger partial charge in [0.05, 0.1) is 29.4 Å². The molecule has 2 heterocycles. The van der Waals surface area contributed by atoms with Gasteiger partial charge in [0.15, 0.2) is 5.13 Å². The van der Waals surface area contributed by atoms with Crippen LogP contribution in [0.15, 0.2) is 59.2 Å². The molecule has 0 fully saturated rings. The molecule has 0 saturated carbocycles. The first-order valence-electron chi connectivity index (χ1n) is 8.94. The summed E-state index contributed by atoms with van der Waals surface area (Å²) in [7, 11) is 0. The van der Waals surface area contributed by atoms with E-state index >= 15 is 0 Å². The van der Waals surface area contributed by atoms with Gasteiger partial charge in [0.2, 0.25) is 5.91 Å². The quantitative estimate of drug-likeness (QED) is 0.409. The maximum absolute atomic E-state index is 13.2. The third-order valence-corrected chi connectivity index (χ3v) is 5.97. The van der Waals surface area contributed by atoms with Crippen LogP contribution in [-0.4, -0.2) is 10.9 Å². The van der Waals surface area contributed by atoms with Gasteiger partial charge >= 0.3 is 0 Å². The molecule has 0 spiro atoms. The Labute approximate surface area is 172 Å². The second kappa shape index (κ2) is 7.78. The Balaban J connectivity index is 1.67. The normalized spacial score (nSPS) is 11.1. The van der Waals surface area contributed by atoms with Gasteiger partial charge in [0.25, 0.3) is 0 Å². The van der Waals surface area contributed by atoms with Crippen LogP contribution in [0.3, 0.4) is 0 Å². The maximum Gasteiger partial charge on any atom is 0.233 e. The molecule has 142 valence electrons. The van der Waals surface area contributed by atoms with Gasteiger partial charge in [0.1, 0.15) is 5.76 Å². The molecule has 28 heavy (non-hydrogen) atoms. The molecule has 1 amide bonds. The number of amides is 1. The van der Waals surface area contributed by atoms with Gasteiger partial charge in [0, 0.05) is 5.02 Å². The van der Waals surface area contributed by atoms with Crippen molar-refractivity contribution < 1.29 is 9.21 Å². The summed E-state index contributed by atoms with van der Waals surface area (Å²) >= 11 is 7.56. The number of fused-ring (bicyclic) bond motifs is 1. The second-order valence-electron chi connectivity index (χ2n) is 6.76. The molecular formula is C22H19ClN2O2S. The Bertz CT molecular complexity index is 1130. The van der Waals surface area contributed by atoms with Crippen LogP contribution in [0.2, 0.25) is 5.02 Å². The molecule has 0 aliphatic rings. The first-order chi connectivity index (χ1) is 13.5. The summed E-state index contributed by atoms with van der Waals surface area (Å²) in [6, 6.07) is 15.4. The molecule has 0 aliphatic carbocycles. The van der Waals surface area contributed by atoms with E-state index in [1.54, 1.807) is 17.2 Å². The van der Waals surface area contributed by atoms with Crippen molar-refractivity contribution in [2.45, 2.75) is 26.8 Å². The molecule has 4 aromatic rings. The number of anilines is 1. The fourth-order valence-electron chi connectivity index (χ4n) is 3.01. The third-order valence-electron chi connectivity index (χ3n) is 4.69. The molecule has 0 radical (unpaired) electrons. The standard InChI is InChI=1S/C22H19ClN2O2S/c1-14-5-6-16(10-15(14)2)11-21(26)25(13-18-4-3-9-27-18)22-24-19-8-7-17(23)12-20(19)28-22/h3-10,12H,11,13H2,1-2H3. The zero-order valence-electron chi connectivity index (χ0n) is 15.6. The average molecular weight is 411 g/mol. The van der Waals surface area contributed by atoms with Crippen molar-refractivity contribution in [3.05, 3.63) is 82.3 Å². The van der Waals surface area contributed by atoms with Crippen molar-refractivity contribution in [3.8, 4) is 0 Å². The van der Waals surface area contributed by atoms with Crippen LogP contribution >= 0.6 is 22.9 Å². The molecule has 0 aliphatic heterocycles. The number of hydrogen-bond acceptors (Lipinski definition) is 4. The number of benzene rings is 2. The SMILES string of the molecule is Cc1ccc(CC(=O)N(Cc2ccco2)c2nc3ccc(Cl)cc3s2)cc1C. The zero-order chi connectivity index (χ0) is 19.7. The van der Waals surface area contributed by atoms with E-state index in [0.29, 0.717) is 28.9 Å². The van der Waals surface area contributed by atoms with E-state index in [0.717, 1.165) is 15.8 Å². The lowest BCUT2D eigenvalue weighted by molar-refractivity contribution is -0.118. The van der Waals surface area contributed by atoms with Gasteiger partial charge in [-0.3, -0.25) is 9.69 Å². The van der Waals surface area contributed by atoms with Crippen LogP contribution in [-0.2, 0) is 17.8 Å². The highest BCUT2D eigenvalue weighted by Crippen LogP contribution is 2.32. The Kier molecular flexibility index (Phi) is 5.20. The summed E-state index contributed by atoms with van der Waals surface area (Å²) in [5, 5.41) is 1.30. The lowest BCUT2D eigenvalue weighted by Gasteiger charge is -2.19. The van der Waals surface area contributed by atoms with Crippen LogP contribution < -0.4 is 4.90 Å². The fourth-order valence-corrected chi connectivity index (χ4v) is 4.26. The predicted molar refractivity (Wildman–Crippen MR) is 114 cm³/mol. The van der Waals surface area contributed by atoms with E-state index in [-0.39, 0.29) is 5.91 Å². The molecule has 4 nitrogen and oxygen atoms in total. The number of thiazole rings is 1. The molecule has 0 bridgehead atoms. The summed E-state index contributed by atoms with van der Waals surface area (Å²) in [6.07, 6.45) is 1.91. The average Bonchev–Trinajstić information content (AvgIpc) is 3.31. The summed E-state index contributed by atoms with van der Waals surface area (Å²) in [4.78, 5) is 19.5. The minimum atomic E-state index is -0.0233. The molecule has 4 rings (SSSR count). The summed E-state index contributed by atoms with van der Waals surface area (Å²) in [5.74, 6) is 0.690. The van der Waals surface area contributed by atoms with Crippen LogP contribution in [0.5, 0.6) is 0 Å². The molecule has 2 aromatic heterocycles. The van der Waals surface area contributed by atoms with Crippen molar-refractivity contribution in [1.29, 1.82) is 0 Å². The minimum absolute atomic E-state index is 0.0233. The Morgan fingerprint density at radius 2 is 2.00 bits per heavy atom. The molecule has 0 N–H and O–H groups in total. The molecular weight excluding hydrogens is 392 g/mol. The minimum Gasteiger partial charge on any atom is -0.467 e. The van der Waals surface area contributed by atoms with E-state index in [9.17, 15) is 4.79 Å². The van der Waals surface area contributed by atoms with Crippen molar-refractivity contribution in [1.82, 2.24) is 4.98 Å². The Morgan fingerprint density at radius 3 is 2.75 bits per heavy atom. The highest BCUT2D eigenvalue weighted by Gasteiger charge is 2.22. The number of nitrogens with zero attached hydrogens (tertiary/aromatic N) is 2. The van der Waals surface area contributed by atoms with Gasteiger partial charge in [-0.2, -0.15) is 0 Å². The number of carbonyl (C=O) groups is 1. The number of halogens is 1. The van der Waals surface area contributed by atoms with Gasteiger partial charge in [-0.1, -0.05) is 41.1 Å². The van der Waals surface area contributed by atoms with Crippen molar-refractivity contribution in [2.24, 2.45) is 0 Å². The number of carbonyl (C=O) groups excluding carboxylic acids is 1. The fraction of sp³-hybridized carbons (Fsp3) is 0.182. The van der Waals surface area contributed by atoms with Crippen LogP contribution in [0.25, 0.3) is 10.2 Å². The van der Waals surface area contributed by atoms with E-state index in [4.69, 9.17) is 16.0 Å². The van der Waals surface area contributed by atoms with E-state index < -0.39 is 0 Å². The number of furan rings is 1. The van der Waals surface area contributed by atoms with Crippen LogP contribution in [0.4, 0.5) is 5.13 Å². The highest BCUT2D eigenvalue weighted by atomic mass is 35.5. The van der Waals surface area contributed by atoms with Crippen LogP contribution in [0.1, 0.15) is 22.5 Å². The highest BCUT2D eigenvalue weighted by molar-refractivity contribution is 7.22. The topological polar surface area (TPSA) is 46.3 Å². The molecule has 6 heteroatoms. The lowest BCUT2D eigenvalue weighted by atomic mass is 10.0. The molecule has 0 unspecified atom stereocenters. The van der Waals surface area contributed by atoms with Crippen molar-refractivity contribution >= 4 is 44.2 Å². The Hall–Kier alpha value is -2.63. The molecule has 2 aromatic carbocycles. The van der Waals surface area contributed by atoms with E-state index in [1.165, 1.54) is 22.5 Å². The van der Waals surface area contributed by atoms with Crippen molar-refractivity contribution in [2.75, 3.05) is 4.90 Å². The number of aryl methyl sites for hydroxylation is 2. The van der Waals surface area contributed by atoms with Gasteiger partial charge in [-0.25, -0.2) is 4.98 Å². The maximum atomic E-state index is 13.2. The summed E-state index contributed by atoms with van der Waals surface area (Å²) in [5.41, 5.74) is 4.21. The molecule has 0 atom stereocenters. The van der Waals surface area contributed by atoms with Crippen LogP contribution in [0, 0.1) is 13.8 Å². The van der Waals surface area contributed by atoms with Gasteiger partial charge in [-0.15, -0.1) is 0 Å². The largest absolute Gasteiger partial charge is 0.467 e. The molecule has 0 saturated heterocycles. The smallest absolute Gasteiger partial charge is 0.233 e. The predicted octanol–water partition coefficient (Wildman–Crippen LogP) is 5.94. The number of aromatic nitrogens is 1. The Morgan fingerprint density at radius 1 is 1.14 bits per heavy atom. The van der Waals surface area contributed by atoms with E-state index in [2.05, 4.69) is 31.0 Å². The number of hydrogen-bond donors (Lipinski definition) is 0. The first kappa shape index (κ1) is 18.7. The third kappa shape index (κ3) is 3.96. The van der Waals surface area contributed by atoms with Crippen molar-refractivity contribution in [3.63, 3.8) is 0 Å². The number of rotatable bonds is 5. The monoisotopic (exact) mass is 410 g/mol. The lowest BCUT2D eigenvalue weighted by Crippen LogP contribution is -2.31. The first-order valence-corrected chi connectivity index (χ1v) is 10.1. The van der Waals surface area contributed by atoms with E-state index in [1.807, 2.05) is 30.3 Å².